The molecule has 1 fully saturated rings. The van der Waals surface area contributed by atoms with Gasteiger partial charge in [0, 0.05) is 6.04 Å². The molecule has 0 spiro atoms. The van der Waals surface area contributed by atoms with E-state index < -0.39 is 6.10 Å². The van der Waals surface area contributed by atoms with Crippen LogP contribution in [0.1, 0.15) is 18.2 Å². The van der Waals surface area contributed by atoms with Gasteiger partial charge in [-0.3, -0.25) is 4.79 Å². The van der Waals surface area contributed by atoms with E-state index >= 15 is 0 Å². The topological polar surface area (TPSA) is 123 Å². The molecule has 4 N–H and O–H groups in total. The Labute approximate surface area is 102 Å². The number of nitrogens with one attached hydrogen (secondary N) is 2. The number of aliphatic hydroxyl groups is 2. The van der Waals surface area contributed by atoms with E-state index in [1.807, 2.05) is 0 Å². The number of aromatic amines is 1. The molecule has 2 aliphatic rings. The van der Waals surface area contributed by atoms with Gasteiger partial charge in [-0.15, -0.1) is 5.11 Å². The Bertz CT molecular complexity index is 543. The first kappa shape index (κ1) is 11.5. The van der Waals surface area contributed by atoms with E-state index in [1.54, 1.807) is 0 Å². The van der Waals surface area contributed by atoms with Crippen LogP contribution in [0, 0.1) is 0 Å². The minimum atomic E-state index is -0.624. The summed E-state index contributed by atoms with van der Waals surface area (Å²) in [5.41, 5.74) is 0.428. The molecule has 8 heteroatoms. The van der Waals surface area contributed by atoms with Crippen molar-refractivity contribution in [2.24, 2.45) is 10.2 Å². The van der Waals surface area contributed by atoms with Gasteiger partial charge in [0.05, 0.1) is 25.1 Å². The van der Waals surface area contributed by atoms with E-state index in [0.29, 0.717) is 12.1 Å². The number of aromatic nitrogens is 2. The molecule has 0 amide bonds. The molecular weight excluding hydrogens is 238 g/mol. The van der Waals surface area contributed by atoms with Gasteiger partial charge in [-0.2, -0.15) is 5.11 Å². The number of nitrogens with zero attached hydrogens (tertiary/aromatic N) is 3. The van der Waals surface area contributed by atoms with E-state index in [0.717, 1.165) is 0 Å². The van der Waals surface area contributed by atoms with Crippen LogP contribution in [0.25, 0.3) is 0 Å². The monoisotopic (exact) mass is 251 g/mol. The van der Waals surface area contributed by atoms with Gasteiger partial charge in [-0.25, -0.2) is 4.98 Å². The van der Waals surface area contributed by atoms with Crippen molar-refractivity contribution in [2.45, 2.75) is 30.7 Å². The maximum absolute atomic E-state index is 11.5. The molecule has 0 bridgehead atoms. The molecule has 3 rings (SSSR count). The highest BCUT2D eigenvalue weighted by Crippen LogP contribution is 2.36. The lowest BCUT2D eigenvalue weighted by atomic mass is 10.0. The molecule has 18 heavy (non-hydrogen) atoms. The van der Waals surface area contributed by atoms with Crippen LogP contribution in [-0.4, -0.2) is 45.0 Å². The maximum Gasteiger partial charge on any atom is 0.278 e. The summed E-state index contributed by atoms with van der Waals surface area (Å²) in [4.78, 5) is 18.0. The zero-order valence-corrected chi connectivity index (χ0v) is 9.45. The first-order chi connectivity index (χ1) is 8.70. The highest BCUT2D eigenvalue weighted by atomic mass is 16.3. The third-order valence-corrected chi connectivity index (χ3v) is 3.39. The zero-order chi connectivity index (χ0) is 12.7. The maximum atomic E-state index is 11.5. The summed E-state index contributed by atoms with van der Waals surface area (Å²) in [6.07, 6.45) is 1.14. The van der Waals surface area contributed by atoms with Gasteiger partial charge >= 0.3 is 0 Å². The zero-order valence-electron chi connectivity index (χ0n) is 9.45. The van der Waals surface area contributed by atoms with Crippen molar-refractivity contribution in [2.75, 3.05) is 6.61 Å². The molecule has 8 nitrogen and oxygen atoms in total. The lowest BCUT2D eigenvalue weighted by molar-refractivity contribution is 0.121. The van der Waals surface area contributed by atoms with Crippen LogP contribution < -0.4 is 10.9 Å². The molecule has 1 aromatic rings. The largest absolute Gasteiger partial charge is 0.395 e. The molecule has 4 atom stereocenters. The highest BCUT2D eigenvalue weighted by Gasteiger charge is 2.40. The molecule has 1 aromatic heterocycles. The van der Waals surface area contributed by atoms with Crippen LogP contribution in [0.4, 0.5) is 5.69 Å². The first-order valence-electron chi connectivity index (χ1n) is 5.74. The van der Waals surface area contributed by atoms with E-state index in [4.69, 9.17) is 5.11 Å². The van der Waals surface area contributed by atoms with Crippen LogP contribution in [0.5, 0.6) is 0 Å². The number of H-pyrrole nitrogens is 1. The van der Waals surface area contributed by atoms with E-state index in [9.17, 15) is 9.90 Å². The van der Waals surface area contributed by atoms with Crippen LogP contribution >= 0.6 is 0 Å². The Hall–Kier alpha value is -1.64. The Morgan fingerprint density at radius 3 is 3.06 bits per heavy atom. The van der Waals surface area contributed by atoms with Crippen LogP contribution in [0.3, 0.4) is 0 Å². The van der Waals surface area contributed by atoms with Crippen LogP contribution in [0.2, 0.25) is 0 Å². The fraction of sp³-hybridized carbons (Fsp3) is 0.600. The molecule has 3 heterocycles. The summed E-state index contributed by atoms with van der Waals surface area (Å²) in [5, 5.41) is 29.8. The Balaban J connectivity index is 1.88. The molecular formula is C10H13N5O3. The second kappa shape index (κ2) is 4.23. The third-order valence-electron chi connectivity index (χ3n) is 3.39. The molecule has 0 radical (unpaired) electrons. The van der Waals surface area contributed by atoms with Crippen molar-refractivity contribution < 1.29 is 10.2 Å². The second-order valence-corrected chi connectivity index (χ2v) is 4.49. The predicted molar refractivity (Wildman–Crippen MR) is 60.5 cm³/mol. The van der Waals surface area contributed by atoms with E-state index in [-0.39, 0.29) is 36.0 Å². The van der Waals surface area contributed by atoms with Gasteiger partial charge in [0.2, 0.25) is 0 Å². The fourth-order valence-corrected chi connectivity index (χ4v) is 2.44. The fourth-order valence-electron chi connectivity index (χ4n) is 2.44. The van der Waals surface area contributed by atoms with Crippen molar-refractivity contribution in [3.8, 4) is 0 Å². The van der Waals surface area contributed by atoms with E-state index in [1.165, 1.54) is 6.33 Å². The van der Waals surface area contributed by atoms with Crippen molar-refractivity contribution in [1.82, 2.24) is 15.3 Å². The minimum absolute atomic E-state index is 0.142. The molecule has 1 unspecified atom stereocenters. The first-order valence-corrected chi connectivity index (χ1v) is 5.74. The molecule has 0 saturated carbocycles. The smallest absolute Gasteiger partial charge is 0.278 e. The van der Waals surface area contributed by atoms with Crippen molar-refractivity contribution in [3.63, 3.8) is 0 Å². The molecule has 0 aromatic carbocycles. The lowest BCUT2D eigenvalue weighted by Gasteiger charge is -2.16. The number of aliphatic hydroxyl groups excluding tert-OH is 2. The number of fused-ring (bicyclic) bond motifs is 1. The minimum Gasteiger partial charge on any atom is -0.395 e. The number of hydrogen-bond donors (Lipinski definition) is 4. The average Bonchev–Trinajstić information content (AvgIpc) is 2.93. The summed E-state index contributed by atoms with van der Waals surface area (Å²) >= 11 is 0. The number of azo groups is 1. The van der Waals surface area contributed by atoms with Gasteiger partial charge in [-0.1, -0.05) is 0 Å². The van der Waals surface area contributed by atoms with Gasteiger partial charge in [0.1, 0.15) is 11.7 Å². The summed E-state index contributed by atoms with van der Waals surface area (Å²) < 4.78 is 0. The summed E-state index contributed by atoms with van der Waals surface area (Å²) in [6, 6.07) is -0.916. The molecule has 2 aliphatic heterocycles. The molecule has 96 valence electrons. The number of rotatable bonds is 2. The normalized spacial score (nSPS) is 33.9. The summed E-state index contributed by atoms with van der Waals surface area (Å²) in [6.45, 7) is -0.142. The Kier molecular flexibility index (Phi) is 2.69. The summed E-state index contributed by atoms with van der Waals surface area (Å²) in [5.74, 6) is 0. The van der Waals surface area contributed by atoms with Gasteiger partial charge in [0.15, 0.2) is 5.69 Å². The average molecular weight is 251 g/mol. The summed E-state index contributed by atoms with van der Waals surface area (Å²) in [7, 11) is 0. The van der Waals surface area contributed by atoms with Gasteiger partial charge in [0.25, 0.3) is 5.56 Å². The third kappa shape index (κ3) is 1.65. The van der Waals surface area contributed by atoms with Crippen molar-refractivity contribution in [3.05, 3.63) is 22.4 Å². The Morgan fingerprint density at radius 1 is 1.50 bits per heavy atom. The lowest BCUT2D eigenvalue weighted by Crippen LogP contribution is -2.38. The Morgan fingerprint density at radius 2 is 2.33 bits per heavy atom. The van der Waals surface area contributed by atoms with E-state index in [2.05, 4.69) is 25.5 Å². The quantitative estimate of drug-likeness (QED) is 0.536. The van der Waals surface area contributed by atoms with Crippen molar-refractivity contribution in [1.29, 1.82) is 0 Å². The highest BCUT2D eigenvalue weighted by molar-refractivity contribution is 5.43. The SMILES string of the molecule is O=c1[nH]cnc2c1N=NC2[C@@H]1C[C@@H](O)[C@H](CO)N1. The second-order valence-electron chi connectivity index (χ2n) is 4.49. The number of hydrogen-bond acceptors (Lipinski definition) is 7. The van der Waals surface area contributed by atoms with Crippen LogP contribution in [-0.2, 0) is 0 Å². The van der Waals surface area contributed by atoms with Crippen LogP contribution in [0.15, 0.2) is 21.4 Å². The van der Waals surface area contributed by atoms with Gasteiger partial charge < -0.3 is 20.5 Å². The van der Waals surface area contributed by atoms with Gasteiger partial charge in [-0.05, 0) is 6.42 Å². The molecule has 1 saturated heterocycles. The predicted octanol–water partition coefficient (Wildman–Crippen LogP) is -1.01. The molecule has 0 aliphatic carbocycles. The standard InChI is InChI=1S/C10H13N5O3/c16-2-5-6(17)1-4(13-5)7-8-9(15-14-7)10(18)12-3-11-8/h3-7,13,16-17H,1-2H2,(H,11,12,18)/t4-,5-,6+,7?/m0/s1. The van der Waals surface area contributed by atoms with Crippen molar-refractivity contribution >= 4 is 5.69 Å².